The van der Waals surface area contributed by atoms with Crippen molar-refractivity contribution in [3.63, 3.8) is 0 Å². The molecule has 3 rings (SSSR count). The summed E-state index contributed by atoms with van der Waals surface area (Å²) in [4.78, 5) is 14.1. The SMILES string of the molecule is Cl.O=C(C1CNCCO1)N1CCC(NS(=O)(=O)c2ccc(F)cc2)CC1. The maximum Gasteiger partial charge on any atom is 0.253 e. The summed E-state index contributed by atoms with van der Waals surface area (Å²) in [5, 5.41) is 3.13. The van der Waals surface area contributed by atoms with Crippen LogP contribution in [0.25, 0.3) is 0 Å². The van der Waals surface area contributed by atoms with E-state index in [1.807, 2.05) is 0 Å². The van der Waals surface area contributed by atoms with Crippen LogP contribution >= 0.6 is 12.4 Å². The Labute approximate surface area is 158 Å². The Morgan fingerprint density at radius 2 is 1.88 bits per heavy atom. The average molecular weight is 408 g/mol. The number of morpholine rings is 1. The first kappa shape index (κ1) is 21.0. The quantitative estimate of drug-likeness (QED) is 0.759. The maximum absolute atomic E-state index is 12.9. The molecule has 1 aromatic carbocycles. The van der Waals surface area contributed by atoms with Crippen molar-refractivity contribution in [3.05, 3.63) is 30.1 Å². The van der Waals surface area contributed by atoms with Crippen LogP contribution in [-0.4, -0.2) is 64.2 Å². The third-order valence-electron chi connectivity index (χ3n) is 4.46. The van der Waals surface area contributed by atoms with Crippen molar-refractivity contribution in [2.24, 2.45) is 0 Å². The maximum atomic E-state index is 12.9. The molecule has 0 radical (unpaired) electrons. The number of nitrogens with zero attached hydrogens (tertiary/aromatic N) is 1. The zero-order valence-electron chi connectivity index (χ0n) is 14.2. The summed E-state index contributed by atoms with van der Waals surface area (Å²) < 4.78 is 45.7. The first-order valence-electron chi connectivity index (χ1n) is 8.35. The van der Waals surface area contributed by atoms with E-state index in [0.717, 1.165) is 18.7 Å². The highest BCUT2D eigenvalue weighted by atomic mass is 35.5. The number of piperidine rings is 1. The Balaban J connectivity index is 0.00000243. The molecule has 0 saturated carbocycles. The Morgan fingerprint density at radius 3 is 2.46 bits per heavy atom. The number of halogens is 2. The molecule has 0 aromatic heterocycles. The van der Waals surface area contributed by atoms with Crippen molar-refractivity contribution in [3.8, 4) is 0 Å². The standard InChI is InChI=1S/C16H22FN3O4S.ClH/c17-12-1-3-14(4-2-12)25(22,23)19-13-5-8-20(9-6-13)16(21)15-11-18-7-10-24-15;/h1-4,13,15,18-19H,5-11H2;1H. The smallest absolute Gasteiger partial charge is 0.253 e. The summed E-state index contributed by atoms with van der Waals surface area (Å²) in [5.74, 6) is -0.530. The van der Waals surface area contributed by atoms with E-state index in [-0.39, 0.29) is 29.3 Å². The highest BCUT2D eigenvalue weighted by Crippen LogP contribution is 2.17. The molecule has 7 nitrogen and oxygen atoms in total. The Morgan fingerprint density at radius 1 is 1.23 bits per heavy atom. The molecular formula is C16H23ClFN3O4S. The number of ether oxygens (including phenoxy) is 1. The second-order valence-corrected chi connectivity index (χ2v) is 7.95. The number of hydrogen-bond donors (Lipinski definition) is 2. The van der Waals surface area contributed by atoms with Gasteiger partial charge in [-0.25, -0.2) is 17.5 Å². The molecule has 2 heterocycles. The highest BCUT2D eigenvalue weighted by molar-refractivity contribution is 7.89. The molecule has 1 aromatic rings. The van der Waals surface area contributed by atoms with Gasteiger partial charge in [0.2, 0.25) is 10.0 Å². The molecule has 1 atom stereocenters. The van der Waals surface area contributed by atoms with Crippen LogP contribution in [0.5, 0.6) is 0 Å². The van der Waals surface area contributed by atoms with Gasteiger partial charge in [0.15, 0.2) is 0 Å². The van der Waals surface area contributed by atoms with Gasteiger partial charge in [-0.2, -0.15) is 0 Å². The number of sulfonamides is 1. The monoisotopic (exact) mass is 407 g/mol. The fourth-order valence-corrected chi connectivity index (χ4v) is 4.35. The number of benzene rings is 1. The first-order chi connectivity index (χ1) is 12.0. The minimum atomic E-state index is -3.69. The number of nitrogens with one attached hydrogen (secondary N) is 2. The predicted molar refractivity (Wildman–Crippen MR) is 96.2 cm³/mol. The van der Waals surface area contributed by atoms with Crippen LogP contribution in [0.4, 0.5) is 4.39 Å². The molecule has 2 N–H and O–H groups in total. The molecule has 2 aliphatic heterocycles. The van der Waals surface area contributed by atoms with Gasteiger partial charge in [0.05, 0.1) is 11.5 Å². The van der Waals surface area contributed by atoms with Gasteiger partial charge in [0.1, 0.15) is 11.9 Å². The lowest BCUT2D eigenvalue weighted by atomic mass is 10.1. The van der Waals surface area contributed by atoms with E-state index >= 15 is 0 Å². The molecule has 26 heavy (non-hydrogen) atoms. The number of likely N-dealkylation sites (tertiary alicyclic amines) is 1. The molecule has 2 fully saturated rings. The number of carbonyl (C=O) groups is 1. The van der Waals surface area contributed by atoms with Crippen LogP contribution in [0.15, 0.2) is 29.2 Å². The van der Waals surface area contributed by atoms with Crippen LogP contribution in [0.1, 0.15) is 12.8 Å². The van der Waals surface area contributed by atoms with E-state index in [9.17, 15) is 17.6 Å². The first-order valence-corrected chi connectivity index (χ1v) is 9.83. The Kier molecular flexibility index (Phi) is 7.36. The number of rotatable bonds is 4. The predicted octanol–water partition coefficient (Wildman–Crippen LogP) is 0.505. The normalized spacial score (nSPS) is 21.9. The minimum Gasteiger partial charge on any atom is -0.366 e. The zero-order chi connectivity index (χ0) is 17.9. The van der Waals surface area contributed by atoms with Crippen LogP contribution in [0, 0.1) is 5.82 Å². The van der Waals surface area contributed by atoms with E-state index in [1.54, 1.807) is 4.90 Å². The lowest BCUT2D eigenvalue weighted by Gasteiger charge is -2.35. The van der Waals surface area contributed by atoms with E-state index in [2.05, 4.69) is 10.0 Å². The summed E-state index contributed by atoms with van der Waals surface area (Å²) >= 11 is 0. The van der Waals surface area contributed by atoms with E-state index < -0.39 is 21.9 Å². The van der Waals surface area contributed by atoms with Gasteiger partial charge in [0, 0.05) is 32.2 Å². The van der Waals surface area contributed by atoms with Crippen LogP contribution in [-0.2, 0) is 19.6 Å². The van der Waals surface area contributed by atoms with Crippen molar-refractivity contribution in [2.75, 3.05) is 32.8 Å². The number of amides is 1. The summed E-state index contributed by atoms with van der Waals surface area (Å²) in [6, 6.07) is 4.47. The van der Waals surface area contributed by atoms with E-state index in [1.165, 1.54) is 12.1 Å². The summed E-state index contributed by atoms with van der Waals surface area (Å²) in [7, 11) is -3.69. The number of carbonyl (C=O) groups excluding carboxylic acids is 1. The summed E-state index contributed by atoms with van der Waals surface area (Å²) in [6.45, 7) is 2.74. The summed E-state index contributed by atoms with van der Waals surface area (Å²) in [6.07, 6.45) is 0.611. The Hall–Kier alpha value is -1.26. The molecular weight excluding hydrogens is 385 g/mol. The lowest BCUT2D eigenvalue weighted by molar-refractivity contribution is -0.146. The molecule has 2 saturated heterocycles. The van der Waals surface area contributed by atoms with Gasteiger partial charge < -0.3 is 15.0 Å². The van der Waals surface area contributed by atoms with Crippen LogP contribution < -0.4 is 10.0 Å². The van der Waals surface area contributed by atoms with Crippen LogP contribution in [0.3, 0.4) is 0 Å². The van der Waals surface area contributed by atoms with Gasteiger partial charge in [-0.3, -0.25) is 4.79 Å². The molecule has 2 aliphatic rings. The number of hydrogen-bond acceptors (Lipinski definition) is 5. The van der Waals surface area contributed by atoms with Crippen molar-refractivity contribution >= 4 is 28.3 Å². The second-order valence-electron chi connectivity index (χ2n) is 6.24. The van der Waals surface area contributed by atoms with Crippen molar-refractivity contribution in [1.82, 2.24) is 14.9 Å². The van der Waals surface area contributed by atoms with Crippen molar-refractivity contribution < 1.29 is 22.3 Å². The highest BCUT2D eigenvalue weighted by Gasteiger charge is 2.31. The second kappa shape index (κ2) is 9.09. The lowest BCUT2D eigenvalue weighted by Crippen LogP contribution is -2.53. The van der Waals surface area contributed by atoms with Gasteiger partial charge in [0.25, 0.3) is 5.91 Å². The Bertz CT molecular complexity index is 703. The van der Waals surface area contributed by atoms with Crippen molar-refractivity contribution in [1.29, 1.82) is 0 Å². The molecule has 146 valence electrons. The molecule has 0 aliphatic carbocycles. The zero-order valence-corrected chi connectivity index (χ0v) is 15.8. The largest absolute Gasteiger partial charge is 0.366 e. The van der Waals surface area contributed by atoms with Gasteiger partial charge in [-0.05, 0) is 37.1 Å². The van der Waals surface area contributed by atoms with Gasteiger partial charge in [-0.1, -0.05) is 0 Å². The minimum absolute atomic E-state index is 0. The van der Waals surface area contributed by atoms with Gasteiger partial charge in [-0.15, -0.1) is 12.4 Å². The van der Waals surface area contributed by atoms with Crippen LogP contribution in [0.2, 0.25) is 0 Å². The molecule has 1 amide bonds. The average Bonchev–Trinajstić information content (AvgIpc) is 2.62. The summed E-state index contributed by atoms with van der Waals surface area (Å²) in [5.41, 5.74) is 0. The fourth-order valence-electron chi connectivity index (χ4n) is 3.05. The van der Waals surface area contributed by atoms with E-state index in [0.29, 0.717) is 39.1 Å². The fraction of sp³-hybridized carbons (Fsp3) is 0.562. The molecule has 10 heteroatoms. The molecule has 0 bridgehead atoms. The molecule has 0 spiro atoms. The molecule has 1 unspecified atom stereocenters. The van der Waals surface area contributed by atoms with Crippen molar-refractivity contribution in [2.45, 2.75) is 29.9 Å². The van der Waals surface area contributed by atoms with E-state index in [4.69, 9.17) is 4.74 Å². The third-order valence-corrected chi connectivity index (χ3v) is 5.99. The van der Waals surface area contributed by atoms with Gasteiger partial charge >= 0.3 is 0 Å². The topological polar surface area (TPSA) is 87.7 Å². The third kappa shape index (κ3) is 5.14.